The highest BCUT2D eigenvalue weighted by Crippen LogP contribution is 2.23. The van der Waals surface area contributed by atoms with Crippen LogP contribution in [0.15, 0.2) is 40.8 Å². The Morgan fingerprint density at radius 3 is 2.56 bits per heavy atom. The van der Waals surface area contributed by atoms with Crippen LogP contribution in [0.1, 0.15) is 47.8 Å². The second-order valence-corrected chi connectivity index (χ2v) is 7.42. The Hall–Kier alpha value is -2.93. The Morgan fingerprint density at radius 1 is 1.22 bits per heavy atom. The molecule has 1 N–H and O–H groups in total. The maximum atomic E-state index is 12.8. The Bertz CT molecular complexity index is 975. The fourth-order valence-corrected chi connectivity index (χ4v) is 3.90. The van der Waals surface area contributed by atoms with Gasteiger partial charge in [0.25, 0.3) is 5.91 Å². The number of rotatable bonds is 6. The van der Waals surface area contributed by atoms with E-state index in [4.69, 9.17) is 9.52 Å². The number of aromatic nitrogens is 1. The number of benzene rings is 1. The summed E-state index contributed by atoms with van der Waals surface area (Å²) in [7, 11) is 1.66. The predicted octanol–water partition coefficient (Wildman–Crippen LogP) is 3.91. The normalized spacial score (nSPS) is 10.8. The number of carboxylic acids is 1. The number of hydrogen-bond acceptors (Lipinski definition) is 5. The van der Waals surface area contributed by atoms with Gasteiger partial charge in [0.15, 0.2) is 0 Å². The summed E-state index contributed by atoms with van der Waals surface area (Å²) >= 11 is 1.39. The van der Waals surface area contributed by atoms with E-state index in [1.807, 2.05) is 37.3 Å². The molecule has 0 bridgehead atoms. The molecule has 27 heavy (non-hydrogen) atoms. The zero-order valence-electron chi connectivity index (χ0n) is 15.4. The molecule has 0 spiro atoms. The van der Waals surface area contributed by atoms with Crippen LogP contribution in [0.4, 0.5) is 0 Å². The minimum atomic E-state index is -1.04. The third-order valence-electron chi connectivity index (χ3n) is 4.17. The van der Waals surface area contributed by atoms with Gasteiger partial charge in [0.2, 0.25) is 0 Å². The number of hydrogen-bond donors (Lipinski definition) is 1. The van der Waals surface area contributed by atoms with Crippen LogP contribution >= 0.6 is 11.3 Å². The van der Waals surface area contributed by atoms with E-state index in [0.717, 1.165) is 10.6 Å². The molecule has 1 amide bonds. The minimum absolute atomic E-state index is 0.116. The van der Waals surface area contributed by atoms with Gasteiger partial charge in [-0.05, 0) is 25.5 Å². The summed E-state index contributed by atoms with van der Waals surface area (Å²) < 4.78 is 5.46. The van der Waals surface area contributed by atoms with Crippen molar-refractivity contribution in [1.29, 1.82) is 0 Å². The summed E-state index contributed by atoms with van der Waals surface area (Å²) in [5.74, 6) is -0.430. The van der Waals surface area contributed by atoms with Crippen molar-refractivity contribution in [1.82, 2.24) is 9.88 Å². The van der Waals surface area contributed by atoms with Crippen molar-refractivity contribution in [2.24, 2.45) is 0 Å². The Morgan fingerprint density at radius 2 is 1.93 bits per heavy atom. The zero-order chi connectivity index (χ0) is 19.6. The van der Waals surface area contributed by atoms with Gasteiger partial charge < -0.3 is 14.4 Å². The first-order chi connectivity index (χ1) is 12.8. The zero-order valence-corrected chi connectivity index (χ0v) is 16.2. The van der Waals surface area contributed by atoms with Crippen molar-refractivity contribution in [3.05, 3.63) is 74.6 Å². The molecule has 140 valence electrons. The summed E-state index contributed by atoms with van der Waals surface area (Å²) in [5.41, 5.74) is 1.96. The lowest BCUT2D eigenvalue weighted by atomic mass is 10.2. The maximum absolute atomic E-state index is 12.8. The number of furan rings is 1. The molecule has 6 nitrogen and oxygen atoms in total. The first kappa shape index (κ1) is 18.8. The maximum Gasteiger partial charge on any atom is 0.339 e. The van der Waals surface area contributed by atoms with Crippen LogP contribution in [0, 0.1) is 13.8 Å². The van der Waals surface area contributed by atoms with E-state index < -0.39 is 5.97 Å². The molecule has 0 aliphatic rings. The van der Waals surface area contributed by atoms with Crippen molar-refractivity contribution in [2.75, 3.05) is 7.05 Å². The summed E-state index contributed by atoms with van der Waals surface area (Å²) in [4.78, 5) is 30.6. The van der Waals surface area contributed by atoms with Crippen LogP contribution in [0.25, 0.3) is 0 Å². The number of amides is 1. The number of carbonyl (C=O) groups excluding carboxylic acids is 1. The molecule has 7 heteroatoms. The highest BCUT2D eigenvalue weighted by molar-refractivity contribution is 7.13. The van der Waals surface area contributed by atoms with E-state index in [-0.39, 0.29) is 18.0 Å². The third-order valence-corrected chi connectivity index (χ3v) is 5.32. The second-order valence-electron chi connectivity index (χ2n) is 6.33. The number of aryl methyl sites for hydroxylation is 2. The summed E-state index contributed by atoms with van der Waals surface area (Å²) in [6.07, 6.45) is 0.683. The molecule has 0 atom stereocenters. The molecule has 0 saturated heterocycles. The molecule has 2 heterocycles. The molecule has 0 radical (unpaired) electrons. The number of aromatic carboxylic acids is 1. The molecular formula is C20H20N2O4S. The highest BCUT2D eigenvalue weighted by Gasteiger charge is 2.21. The molecule has 0 fully saturated rings. The highest BCUT2D eigenvalue weighted by atomic mass is 32.1. The van der Waals surface area contributed by atoms with E-state index >= 15 is 0 Å². The molecule has 2 aromatic heterocycles. The van der Waals surface area contributed by atoms with Gasteiger partial charge in [-0.2, -0.15) is 0 Å². The lowest BCUT2D eigenvalue weighted by Crippen LogP contribution is -2.25. The monoisotopic (exact) mass is 384 g/mol. The summed E-state index contributed by atoms with van der Waals surface area (Å²) in [5, 5.41) is 10.00. The first-order valence-corrected chi connectivity index (χ1v) is 9.25. The molecule has 0 aliphatic carbocycles. The fraction of sp³-hybridized carbons (Fsp3) is 0.250. The minimum Gasteiger partial charge on any atom is -0.478 e. The number of thiazole rings is 1. The van der Waals surface area contributed by atoms with E-state index in [1.165, 1.54) is 22.3 Å². The fourth-order valence-electron chi connectivity index (χ4n) is 2.81. The molecule has 3 aromatic rings. The van der Waals surface area contributed by atoms with Crippen molar-refractivity contribution in [3.63, 3.8) is 0 Å². The third kappa shape index (κ3) is 4.25. The molecule has 3 rings (SSSR count). The van der Waals surface area contributed by atoms with Crippen molar-refractivity contribution >= 4 is 23.2 Å². The molecule has 0 unspecified atom stereocenters. The topological polar surface area (TPSA) is 83.6 Å². The van der Waals surface area contributed by atoms with Crippen LogP contribution < -0.4 is 0 Å². The SMILES string of the molecule is Cc1nc(Cc2ccccc2)sc1C(=O)N(C)Cc1cc(C(=O)O)c(C)o1. The summed E-state index contributed by atoms with van der Waals surface area (Å²) in [6, 6.07) is 11.4. The van der Waals surface area contributed by atoms with E-state index in [0.29, 0.717) is 28.5 Å². The van der Waals surface area contributed by atoms with Crippen LogP contribution in [-0.2, 0) is 13.0 Å². The lowest BCUT2D eigenvalue weighted by molar-refractivity contribution is 0.0694. The van der Waals surface area contributed by atoms with E-state index in [2.05, 4.69) is 4.98 Å². The molecule has 0 aliphatic heterocycles. The van der Waals surface area contributed by atoms with Gasteiger partial charge in [0.1, 0.15) is 22.0 Å². The predicted molar refractivity (Wildman–Crippen MR) is 102 cm³/mol. The van der Waals surface area contributed by atoms with Crippen LogP contribution in [0.2, 0.25) is 0 Å². The Labute approximate surface area is 161 Å². The van der Waals surface area contributed by atoms with E-state index in [9.17, 15) is 9.59 Å². The van der Waals surface area contributed by atoms with Crippen molar-refractivity contribution in [2.45, 2.75) is 26.8 Å². The van der Waals surface area contributed by atoms with Crippen LogP contribution in [-0.4, -0.2) is 33.9 Å². The summed E-state index contributed by atoms with van der Waals surface area (Å²) in [6.45, 7) is 3.61. The average molecular weight is 384 g/mol. The number of carbonyl (C=O) groups is 2. The van der Waals surface area contributed by atoms with Gasteiger partial charge >= 0.3 is 5.97 Å². The smallest absolute Gasteiger partial charge is 0.339 e. The van der Waals surface area contributed by atoms with Gasteiger partial charge in [0.05, 0.1) is 17.2 Å². The number of nitrogens with zero attached hydrogens (tertiary/aromatic N) is 2. The average Bonchev–Trinajstić information content (AvgIpc) is 3.17. The van der Waals surface area contributed by atoms with E-state index in [1.54, 1.807) is 14.0 Å². The van der Waals surface area contributed by atoms with Crippen molar-refractivity contribution in [3.8, 4) is 0 Å². The largest absolute Gasteiger partial charge is 0.478 e. The van der Waals surface area contributed by atoms with Crippen molar-refractivity contribution < 1.29 is 19.1 Å². The molecular weight excluding hydrogens is 364 g/mol. The molecule has 0 saturated carbocycles. The van der Waals surface area contributed by atoms with Gasteiger partial charge in [-0.25, -0.2) is 9.78 Å². The standard InChI is InChI=1S/C20H20N2O4S/c1-12-18(27-17(21-12)9-14-7-5-4-6-8-14)19(23)22(3)11-15-10-16(20(24)25)13(2)26-15/h4-8,10H,9,11H2,1-3H3,(H,24,25). The van der Waals surface area contributed by atoms with Gasteiger partial charge in [-0.3, -0.25) is 4.79 Å². The number of carboxylic acid groups (broad SMARTS) is 1. The second kappa shape index (κ2) is 7.75. The van der Waals surface area contributed by atoms with Gasteiger partial charge in [-0.1, -0.05) is 30.3 Å². The van der Waals surface area contributed by atoms with Gasteiger partial charge in [0, 0.05) is 13.5 Å². The molecule has 1 aromatic carbocycles. The van der Waals surface area contributed by atoms with Crippen LogP contribution in [0.5, 0.6) is 0 Å². The first-order valence-electron chi connectivity index (χ1n) is 8.43. The Balaban J connectivity index is 1.73. The van der Waals surface area contributed by atoms with Crippen LogP contribution in [0.3, 0.4) is 0 Å². The quantitative estimate of drug-likeness (QED) is 0.696. The Kier molecular flexibility index (Phi) is 5.41. The van der Waals surface area contributed by atoms with Gasteiger partial charge in [-0.15, -0.1) is 11.3 Å². The lowest BCUT2D eigenvalue weighted by Gasteiger charge is -2.14.